The highest BCUT2D eigenvalue weighted by atomic mass is 16.6. The summed E-state index contributed by atoms with van der Waals surface area (Å²) in [5, 5.41) is 15.0. The molecule has 0 aliphatic heterocycles. The number of benzene rings is 1. The van der Waals surface area contributed by atoms with E-state index in [2.05, 4.69) is 31.1 Å². The molecule has 5 nitrogen and oxygen atoms in total. The summed E-state index contributed by atoms with van der Waals surface area (Å²) in [5.41, 5.74) is 0.859. The molecule has 0 spiro atoms. The van der Waals surface area contributed by atoms with Gasteiger partial charge in [-0.05, 0) is 31.0 Å². The number of aromatic nitrogens is 1. The average Bonchev–Trinajstić information content (AvgIpc) is 2.47. The van der Waals surface area contributed by atoms with Crippen LogP contribution in [0.5, 0.6) is 0 Å². The van der Waals surface area contributed by atoms with Gasteiger partial charge < -0.3 is 5.32 Å². The largest absolute Gasteiger partial charge is 0.367 e. The topological polar surface area (TPSA) is 68.1 Å². The molecule has 1 aromatic carbocycles. The quantitative estimate of drug-likeness (QED) is 0.632. The van der Waals surface area contributed by atoms with Crippen LogP contribution in [0.2, 0.25) is 0 Å². The van der Waals surface area contributed by atoms with E-state index in [1.165, 1.54) is 6.07 Å². The molecule has 112 valence electrons. The first kappa shape index (κ1) is 15.2. The fourth-order valence-corrected chi connectivity index (χ4v) is 2.65. The minimum absolute atomic E-state index is 0.0930. The summed E-state index contributed by atoms with van der Waals surface area (Å²) in [5.74, 6) is 1.43. The zero-order chi connectivity index (χ0) is 15.4. The molecule has 2 aromatic rings. The number of nitro groups is 1. The van der Waals surface area contributed by atoms with E-state index in [4.69, 9.17) is 0 Å². The fourth-order valence-electron chi connectivity index (χ4n) is 2.65. The van der Waals surface area contributed by atoms with Crippen molar-refractivity contribution in [2.75, 3.05) is 5.32 Å². The van der Waals surface area contributed by atoms with Crippen molar-refractivity contribution >= 4 is 22.4 Å². The number of rotatable bonds is 6. The summed E-state index contributed by atoms with van der Waals surface area (Å²) in [4.78, 5) is 14.9. The number of pyridine rings is 1. The molecule has 5 heteroatoms. The Morgan fingerprint density at radius 1 is 1.24 bits per heavy atom. The predicted molar refractivity (Wildman–Crippen MR) is 85.6 cm³/mol. The van der Waals surface area contributed by atoms with Crippen LogP contribution < -0.4 is 5.32 Å². The third-order valence-corrected chi connectivity index (χ3v) is 4.02. The van der Waals surface area contributed by atoms with Gasteiger partial charge in [0.25, 0.3) is 5.69 Å². The molecule has 1 heterocycles. The van der Waals surface area contributed by atoms with E-state index in [0.29, 0.717) is 12.0 Å². The molecule has 1 aromatic heterocycles. The van der Waals surface area contributed by atoms with E-state index >= 15 is 0 Å². The van der Waals surface area contributed by atoms with Crippen molar-refractivity contribution in [3.8, 4) is 0 Å². The molecule has 0 radical (unpaired) electrons. The van der Waals surface area contributed by atoms with Crippen molar-refractivity contribution in [3.63, 3.8) is 0 Å². The number of hydrogen-bond acceptors (Lipinski definition) is 4. The lowest BCUT2D eigenvalue weighted by molar-refractivity contribution is -0.384. The summed E-state index contributed by atoms with van der Waals surface area (Å²) in [6, 6.07) is 8.84. The van der Waals surface area contributed by atoms with Gasteiger partial charge in [-0.2, -0.15) is 0 Å². The van der Waals surface area contributed by atoms with E-state index in [0.717, 1.165) is 29.6 Å². The van der Waals surface area contributed by atoms with E-state index in [1.807, 2.05) is 12.1 Å². The average molecular weight is 287 g/mol. The number of nitrogens with one attached hydrogen (secondary N) is 1. The summed E-state index contributed by atoms with van der Waals surface area (Å²) in [6.07, 6.45) is 2.26. The minimum atomic E-state index is -0.388. The number of anilines is 1. The van der Waals surface area contributed by atoms with Crippen molar-refractivity contribution in [3.05, 3.63) is 40.4 Å². The second kappa shape index (κ2) is 6.52. The van der Waals surface area contributed by atoms with Crippen LogP contribution in [0.15, 0.2) is 30.3 Å². The molecule has 0 aliphatic rings. The van der Waals surface area contributed by atoms with Gasteiger partial charge in [-0.1, -0.05) is 26.7 Å². The zero-order valence-electron chi connectivity index (χ0n) is 12.7. The Bertz CT molecular complexity index is 638. The maximum absolute atomic E-state index is 10.8. The van der Waals surface area contributed by atoms with Crippen LogP contribution in [-0.2, 0) is 0 Å². The lowest BCUT2D eigenvalue weighted by Crippen LogP contribution is -2.25. The van der Waals surface area contributed by atoms with E-state index in [-0.39, 0.29) is 10.6 Å². The number of non-ortho nitro benzene ring substituents is 1. The zero-order valence-corrected chi connectivity index (χ0v) is 12.7. The molecule has 0 bridgehead atoms. The summed E-state index contributed by atoms with van der Waals surface area (Å²) in [7, 11) is 0. The molecular weight excluding hydrogens is 266 g/mol. The lowest BCUT2D eigenvalue weighted by atomic mass is 9.95. The van der Waals surface area contributed by atoms with E-state index in [9.17, 15) is 10.1 Å². The molecule has 0 saturated carbocycles. The van der Waals surface area contributed by atoms with Crippen LogP contribution in [-0.4, -0.2) is 15.9 Å². The Hall–Kier alpha value is -2.17. The normalized spacial score (nSPS) is 12.6. The third kappa shape index (κ3) is 3.48. The molecule has 1 atom stereocenters. The lowest BCUT2D eigenvalue weighted by Gasteiger charge is -2.23. The molecule has 1 unspecified atom stereocenters. The molecule has 0 fully saturated rings. The maximum atomic E-state index is 10.8. The van der Waals surface area contributed by atoms with Crippen LogP contribution in [0.1, 0.15) is 33.6 Å². The van der Waals surface area contributed by atoms with E-state index in [1.54, 1.807) is 12.1 Å². The Balaban J connectivity index is 2.23. The molecule has 1 N–H and O–H groups in total. The van der Waals surface area contributed by atoms with Crippen LogP contribution in [0.4, 0.5) is 11.5 Å². The summed E-state index contributed by atoms with van der Waals surface area (Å²) in [6.45, 7) is 6.55. The second-order valence-electron chi connectivity index (χ2n) is 5.34. The first-order valence-corrected chi connectivity index (χ1v) is 7.36. The highest BCUT2D eigenvalue weighted by Gasteiger charge is 2.14. The predicted octanol–water partition coefficient (Wildman–Crippen LogP) is 4.38. The van der Waals surface area contributed by atoms with Crippen molar-refractivity contribution in [1.82, 2.24) is 4.98 Å². The van der Waals surface area contributed by atoms with Gasteiger partial charge in [0.1, 0.15) is 5.82 Å². The highest BCUT2D eigenvalue weighted by molar-refractivity contribution is 5.82. The van der Waals surface area contributed by atoms with Crippen LogP contribution >= 0.6 is 0 Å². The molecule has 2 rings (SSSR count). The van der Waals surface area contributed by atoms with Crippen LogP contribution in [0, 0.1) is 16.0 Å². The van der Waals surface area contributed by atoms with E-state index < -0.39 is 0 Å². The van der Waals surface area contributed by atoms with Crippen molar-refractivity contribution < 1.29 is 4.92 Å². The van der Waals surface area contributed by atoms with Gasteiger partial charge in [0, 0.05) is 23.6 Å². The third-order valence-electron chi connectivity index (χ3n) is 4.02. The van der Waals surface area contributed by atoms with Gasteiger partial charge in [0.05, 0.1) is 10.4 Å². The van der Waals surface area contributed by atoms with Crippen molar-refractivity contribution in [1.29, 1.82) is 0 Å². The molecule has 0 amide bonds. The highest BCUT2D eigenvalue weighted by Crippen LogP contribution is 2.22. The number of fused-ring (bicyclic) bond motifs is 1. The standard InChI is InChI=1S/C16H21N3O2/c1-4-12(5-2)11(3)17-16-9-6-13-10-14(19(20)21)7-8-15(13)18-16/h6-12H,4-5H2,1-3H3,(H,17,18). The van der Waals surface area contributed by atoms with Crippen LogP contribution in [0.25, 0.3) is 10.9 Å². The fraction of sp³-hybridized carbons (Fsp3) is 0.438. The number of hydrogen-bond donors (Lipinski definition) is 1. The summed E-state index contributed by atoms with van der Waals surface area (Å²) >= 11 is 0. The Morgan fingerprint density at radius 2 is 1.95 bits per heavy atom. The molecule has 0 aliphatic carbocycles. The Kier molecular flexibility index (Phi) is 4.73. The number of nitro benzene ring substituents is 1. The molecular formula is C16H21N3O2. The summed E-state index contributed by atoms with van der Waals surface area (Å²) < 4.78 is 0. The van der Waals surface area contributed by atoms with Gasteiger partial charge in [-0.25, -0.2) is 4.98 Å². The maximum Gasteiger partial charge on any atom is 0.270 e. The van der Waals surface area contributed by atoms with Crippen molar-refractivity contribution in [2.24, 2.45) is 5.92 Å². The van der Waals surface area contributed by atoms with Gasteiger partial charge in [0.2, 0.25) is 0 Å². The second-order valence-corrected chi connectivity index (χ2v) is 5.34. The number of nitrogens with zero attached hydrogens (tertiary/aromatic N) is 2. The molecule has 21 heavy (non-hydrogen) atoms. The smallest absolute Gasteiger partial charge is 0.270 e. The minimum Gasteiger partial charge on any atom is -0.367 e. The van der Waals surface area contributed by atoms with Gasteiger partial charge in [-0.3, -0.25) is 10.1 Å². The van der Waals surface area contributed by atoms with Crippen LogP contribution in [0.3, 0.4) is 0 Å². The first-order valence-electron chi connectivity index (χ1n) is 7.36. The van der Waals surface area contributed by atoms with Gasteiger partial charge in [0.15, 0.2) is 0 Å². The van der Waals surface area contributed by atoms with Crippen molar-refractivity contribution in [2.45, 2.75) is 39.7 Å². The Morgan fingerprint density at radius 3 is 2.57 bits per heavy atom. The van der Waals surface area contributed by atoms with Gasteiger partial charge in [-0.15, -0.1) is 0 Å². The Labute approximate surface area is 124 Å². The monoisotopic (exact) mass is 287 g/mol. The SMILES string of the molecule is CCC(CC)C(C)Nc1ccc2cc([N+](=O)[O-])ccc2n1. The molecule has 0 saturated heterocycles. The first-order chi connectivity index (χ1) is 10.0. The van der Waals surface area contributed by atoms with Gasteiger partial charge >= 0.3 is 0 Å².